The molecule has 24 heavy (non-hydrogen) atoms. The molecule has 1 saturated heterocycles. The van der Waals surface area contributed by atoms with Gasteiger partial charge < -0.3 is 10.6 Å². The molecule has 1 aromatic heterocycles. The number of likely N-dealkylation sites (tertiary alicyclic amines) is 1. The van der Waals surface area contributed by atoms with Crippen molar-refractivity contribution in [3.63, 3.8) is 0 Å². The Bertz CT molecular complexity index is 491. The molecule has 1 atom stereocenters. The molecule has 2 heterocycles. The molecular formula is C14H24F3IN6. The summed E-state index contributed by atoms with van der Waals surface area (Å²) >= 11 is 0. The molecule has 1 aliphatic rings. The first-order valence-corrected chi connectivity index (χ1v) is 7.77. The van der Waals surface area contributed by atoms with Crippen molar-refractivity contribution in [2.75, 3.05) is 32.7 Å². The van der Waals surface area contributed by atoms with Gasteiger partial charge in [0.05, 0.1) is 19.6 Å². The summed E-state index contributed by atoms with van der Waals surface area (Å²) in [6.45, 7) is 3.84. The van der Waals surface area contributed by atoms with Crippen molar-refractivity contribution < 1.29 is 13.2 Å². The lowest BCUT2D eigenvalue weighted by Crippen LogP contribution is -2.45. The van der Waals surface area contributed by atoms with E-state index in [-0.39, 0.29) is 30.0 Å². The van der Waals surface area contributed by atoms with Gasteiger partial charge in [-0.15, -0.1) is 24.0 Å². The fourth-order valence-electron chi connectivity index (χ4n) is 2.56. The van der Waals surface area contributed by atoms with Crippen LogP contribution in [-0.2, 0) is 6.54 Å². The van der Waals surface area contributed by atoms with Crippen molar-refractivity contribution in [1.82, 2.24) is 25.3 Å². The normalized spacial score (nSPS) is 19.2. The van der Waals surface area contributed by atoms with Crippen LogP contribution in [0.15, 0.2) is 23.5 Å². The van der Waals surface area contributed by atoms with Gasteiger partial charge in [0.1, 0.15) is 0 Å². The Kier molecular flexibility index (Phi) is 8.81. The standard InChI is InChI=1S/C14H23F3N6.HI/c1-2-18-13(19-6-9-23-7-3-5-20-23)21-12-4-8-22(10-12)11-14(15,16)17;/h3,5,7,12H,2,4,6,8-11H2,1H3,(H2,18,19,21);1H. The number of aromatic nitrogens is 2. The van der Waals surface area contributed by atoms with Crippen LogP contribution in [0.2, 0.25) is 0 Å². The molecule has 2 N–H and O–H groups in total. The maximum atomic E-state index is 12.4. The number of nitrogens with zero attached hydrogens (tertiary/aromatic N) is 4. The predicted molar refractivity (Wildman–Crippen MR) is 97.7 cm³/mol. The SMILES string of the molecule is CCNC(=NCCn1cccn1)NC1CCN(CC(F)(F)F)C1.I. The van der Waals surface area contributed by atoms with E-state index in [0.29, 0.717) is 45.1 Å². The third kappa shape index (κ3) is 7.69. The molecule has 1 fully saturated rings. The van der Waals surface area contributed by atoms with Crippen LogP contribution < -0.4 is 10.6 Å². The van der Waals surface area contributed by atoms with E-state index in [4.69, 9.17) is 0 Å². The molecule has 0 aromatic carbocycles. The van der Waals surface area contributed by atoms with Gasteiger partial charge in [-0.25, -0.2) is 0 Å². The highest BCUT2D eigenvalue weighted by atomic mass is 127. The van der Waals surface area contributed by atoms with Gasteiger partial charge in [-0.2, -0.15) is 18.3 Å². The first kappa shape index (κ1) is 21.0. The summed E-state index contributed by atoms with van der Waals surface area (Å²) in [5.74, 6) is 0.638. The largest absolute Gasteiger partial charge is 0.401 e. The van der Waals surface area contributed by atoms with Gasteiger partial charge in [0.2, 0.25) is 0 Å². The van der Waals surface area contributed by atoms with Crippen LogP contribution in [0.5, 0.6) is 0 Å². The van der Waals surface area contributed by atoms with E-state index in [0.717, 1.165) is 0 Å². The van der Waals surface area contributed by atoms with Crippen LogP contribution in [0.3, 0.4) is 0 Å². The van der Waals surface area contributed by atoms with Crippen LogP contribution >= 0.6 is 24.0 Å². The Morgan fingerprint density at radius 3 is 2.83 bits per heavy atom. The lowest BCUT2D eigenvalue weighted by Gasteiger charge is -2.19. The Morgan fingerprint density at radius 2 is 2.21 bits per heavy atom. The minimum Gasteiger partial charge on any atom is -0.357 e. The Morgan fingerprint density at radius 1 is 1.42 bits per heavy atom. The number of alkyl halides is 3. The third-order valence-electron chi connectivity index (χ3n) is 3.52. The van der Waals surface area contributed by atoms with E-state index in [1.807, 2.05) is 19.2 Å². The molecule has 0 radical (unpaired) electrons. The quantitative estimate of drug-likeness (QED) is 0.386. The van der Waals surface area contributed by atoms with Gasteiger partial charge in [0.25, 0.3) is 0 Å². The average Bonchev–Trinajstić information content (AvgIpc) is 3.09. The number of guanidine groups is 1. The summed E-state index contributed by atoms with van der Waals surface area (Å²) in [6, 6.07) is 1.83. The molecule has 138 valence electrons. The molecule has 1 aliphatic heterocycles. The summed E-state index contributed by atoms with van der Waals surface area (Å²) in [4.78, 5) is 5.87. The Labute approximate surface area is 156 Å². The summed E-state index contributed by atoms with van der Waals surface area (Å²) in [5.41, 5.74) is 0. The minimum atomic E-state index is -4.14. The van der Waals surface area contributed by atoms with E-state index in [2.05, 4.69) is 20.7 Å². The van der Waals surface area contributed by atoms with E-state index in [9.17, 15) is 13.2 Å². The topological polar surface area (TPSA) is 57.5 Å². The first-order valence-electron chi connectivity index (χ1n) is 7.77. The van der Waals surface area contributed by atoms with E-state index in [1.54, 1.807) is 10.9 Å². The Hall–Kier alpha value is -1.04. The number of nitrogens with one attached hydrogen (secondary N) is 2. The van der Waals surface area contributed by atoms with Crippen molar-refractivity contribution in [3.8, 4) is 0 Å². The lowest BCUT2D eigenvalue weighted by atomic mass is 10.3. The number of rotatable bonds is 6. The highest BCUT2D eigenvalue weighted by Gasteiger charge is 2.34. The molecule has 6 nitrogen and oxygen atoms in total. The summed E-state index contributed by atoms with van der Waals surface area (Å²) in [6.07, 6.45) is 0.111. The second kappa shape index (κ2) is 10.1. The molecule has 1 aromatic rings. The van der Waals surface area contributed by atoms with Gasteiger partial charge in [0.15, 0.2) is 5.96 Å². The Balaban J connectivity index is 0.00000288. The molecule has 0 bridgehead atoms. The second-order valence-corrected chi connectivity index (χ2v) is 5.51. The van der Waals surface area contributed by atoms with Gasteiger partial charge in [-0.3, -0.25) is 14.6 Å². The minimum absolute atomic E-state index is 0. The number of hydrogen-bond acceptors (Lipinski definition) is 3. The summed E-state index contributed by atoms with van der Waals surface area (Å²) in [5, 5.41) is 10.4. The van der Waals surface area contributed by atoms with E-state index < -0.39 is 12.7 Å². The summed E-state index contributed by atoms with van der Waals surface area (Å²) < 4.78 is 39.0. The lowest BCUT2D eigenvalue weighted by molar-refractivity contribution is -0.143. The van der Waals surface area contributed by atoms with E-state index >= 15 is 0 Å². The zero-order valence-electron chi connectivity index (χ0n) is 13.6. The maximum absolute atomic E-state index is 12.4. The van der Waals surface area contributed by atoms with Crippen molar-refractivity contribution >= 4 is 29.9 Å². The first-order chi connectivity index (χ1) is 11.0. The van der Waals surface area contributed by atoms with Gasteiger partial charge in [-0.05, 0) is 19.4 Å². The molecule has 0 aliphatic carbocycles. The van der Waals surface area contributed by atoms with Crippen molar-refractivity contribution in [2.45, 2.75) is 32.1 Å². The molecule has 2 rings (SSSR count). The summed E-state index contributed by atoms with van der Waals surface area (Å²) in [7, 11) is 0. The van der Waals surface area contributed by atoms with Gasteiger partial charge >= 0.3 is 6.18 Å². The average molecular weight is 460 g/mol. The fourth-order valence-corrected chi connectivity index (χ4v) is 2.56. The van der Waals surface area contributed by atoms with Crippen molar-refractivity contribution in [1.29, 1.82) is 0 Å². The molecule has 0 amide bonds. The molecule has 0 spiro atoms. The van der Waals surface area contributed by atoms with Crippen LogP contribution in [0, 0.1) is 0 Å². The highest BCUT2D eigenvalue weighted by molar-refractivity contribution is 14.0. The second-order valence-electron chi connectivity index (χ2n) is 5.51. The zero-order chi connectivity index (χ0) is 16.7. The van der Waals surface area contributed by atoms with Crippen LogP contribution in [0.4, 0.5) is 13.2 Å². The van der Waals surface area contributed by atoms with Crippen LogP contribution in [0.1, 0.15) is 13.3 Å². The maximum Gasteiger partial charge on any atom is 0.401 e. The van der Waals surface area contributed by atoms with Crippen molar-refractivity contribution in [2.24, 2.45) is 4.99 Å². The molecule has 10 heteroatoms. The van der Waals surface area contributed by atoms with Crippen LogP contribution in [-0.4, -0.2) is 65.6 Å². The number of halogens is 4. The smallest absolute Gasteiger partial charge is 0.357 e. The number of hydrogen-bond donors (Lipinski definition) is 2. The van der Waals surface area contributed by atoms with Gasteiger partial charge in [-0.1, -0.05) is 0 Å². The van der Waals surface area contributed by atoms with Crippen molar-refractivity contribution in [3.05, 3.63) is 18.5 Å². The van der Waals surface area contributed by atoms with Crippen LogP contribution in [0.25, 0.3) is 0 Å². The number of aliphatic imine (C=N–C) groups is 1. The predicted octanol–water partition coefficient (Wildman–Crippen LogP) is 1.69. The molecular weight excluding hydrogens is 436 g/mol. The highest BCUT2D eigenvalue weighted by Crippen LogP contribution is 2.19. The molecule has 1 unspecified atom stereocenters. The fraction of sp³-hybridized carbons (Fsp3) is 0.714. The monoisotopic (exact) mass is 460 g/mol. The van der Waals surface area contributed by atoms with E-state index in [1.165, 1.54) is 4.90 Å². The molecule has 0 saturated carbocycles. The third-order valence-corrected chi connectivity index (χ3v) is 3.52. The van der Waals surface area contributed by atoms with Gasteiger partial charge in [0, 0.05) is 38.1 Å². The zero-order valence-corrected chi connectivity index (χ0v) is 15.9.